The lowest BCUT2D eigenvalue weighted by atomic mass is 10.0. The lowest BCUT2D eigenvalue weighted by molar-refractivity contribution is -0.870. The molecule has 3 unspecified atom stereocenters. The van der Waals surface area contributed by atoms with Crippen molar-refractivity contribution in [2.75, 3.05) is 40.9 Å². The molecular weight excluding hydrogens is 647 g/mol. The van der Waals surface area contributed by atoms with Crippen molar-refractivity contribution in [1.29, 1.82) is 0 Å². The fourth-order valence-corrected chi connectivity index (χ4v) is 6.54. The Bertz CT molecular complexity index is 876. The number of hydrogen-bond acceptors (Lipinski definition) is 6. The maximum Gasteiger partial charge on any atom is 0.268 e. The van der Waals surface area contributed by atoms with Crippen LogP contribution in [-0.4, -0.2) is 68.5 Å². The molecule has 0 bridgehead atoms. The summed E-state index contributed by atoms with van der Waals surface area (Å²) in [6, 6.07) is -0.895. The number of hydrogen-bond donors (Lipinski definition) is 2. The van der Waals surface area contributed by atoms with Crippen LogP contribution in [-0.2, 0) is 18.4 Å². The lowest BCUT2D eigenvalue weighted by Crippen LogP contribution is -2.45. The van der Waals surface area contributed by atoms with E-state index in [0.29, 0.717) is 17.4 Å². The molecule has 0 saturated carbocycles. The second kappa shape index (κ2) is 33.8. The number of aliphatic hydroxyl groups is 1. The van der Waals surface area contributed by atoms with Gasteiger partial charge in [-0.15, -0.1) is 0 Å². The van der Waals surface area contributed by atoms with Gasteiger partial charge in [-0.3, -0.25) is 9.36 Å². The second-order valence-electron chi connectivity index (χ2n) is 15.3. The van der Waals surface area contributed by atoms with Crippen LogP contribution in [0, 0.1) is 0 Å². The fraction of sp³-hybridized carbons (Fsp3) is 0.878. The first kappa shape index (κ1) is 49.0. The van der Waals surface area contributed by atoms with E-state index in [-0.39, 0.29) is 12.5 Å². The van der Waals surface area contributed by atoms with Crippen LogP contribution < -0.4 is 10.2 Å². The van der Waals surface area contributed by atoms with Crippen LogP contribution in [0.5, 0.6) is 0 Å². The number of carbonyl (C=O) groups is 1. The average Bonchev–Trinajstić information content (AvgIpc) is 3.06. The van der Waals surface area contributed by atoms with E-state index < -0.39 is 26.6 Å². The van der Waals surface area contributed by atoms with E-state index in [0.717, 1.165) is 51.4 Å². The fourth-order valence-electron chi connectivity index (χ4n) is 5.81. The van der Waals surface area contributed by atoms with Gasteiger partial charge in [0.2, 0.25) is 5.91 Å². The molecular formula is C41H81N2O6P. The summed E-state index contributed by atoms with van der Waals surface area (Å²) < 4.78 is 23.0. The van der Waals surface area contributed by atoms with Gasteiger partial charge in [-0.1, -0.05) is 167 Å². The summed E-state index contributed by atoms with van der Waals surface area (Å²) in [5.74, 6) is -0.221. The molecule has 0 rings (SSSR count). The summed E-state index contributed by atoms with van der Waals surface area (Å²) in [5.41, 5.74) is 0. The Balaban J connectivity index is 4.21. The molecule has 0 fully saturated rings. The van der Waals surface area contributed by atoms with Crippen molar-refractivity contribution in [3.05, 3.63) is 24.3 Å². The second-order valence-corrected chi connectivity index (χ2v) is 16.8. The van der Waals surface area contributed by atoms with Gasteiger partial charge in [0.25, 0.3) is 7.82 Å². The maximum absolute atomic E-state index is 12.6. The lowest BCUT2D eigenvalue weighted by Gasteiger charge is -2.29. The molecule has 9 heteroatoms. The van der Waals surface area contributed by atoms with Crippen LogP contribution >= 0.6 is 7.82 Å². The van der Waals surface area contributed by atoms with Crippen LogP contribution in [0.15, 0.2) is 24.3 Å². The normalized spacial score (nSPS) is 14.8. The van der Waals surface area contributed by atoms with Gasteiger partial charge in [-0.25, -0.2) is 0 Å². The Hall–Kier alpha value is -1.02. The summed E-state index contributed by atoms with van der Waals surface area (Å²) >= 11 is 0. The highest BCUT2D eigenvalue weighted by Gasteiger charge is 2.23. The minimum Gasteiger partial charge on any atom is -0.756 e. The first-order valence-electron chi connectivity index (χ1n) is 20.7. The zero-order valence-corrected chi connectivity index (χ0v) is 34.2. The third-order valence-electron chi connectivity index (χ3n) is 9.16. The number of nitrogens with one attached hydrogen (secondary N) is 1. The van der Waals surface area contributed by atoms with Gasteiger partial charge in [0.1, 0.15) is 13.2 Å². The highest BCUT2D eigenvalue weighted by molar-refractivity contribution is 7.45. The molecule has 0 spiro atoms. The predicted molar refractivity (Wildman–Crippen MR) is 210 cm³/mol. The zero-order valence-electron chi connectivity index (χ0n) is 33.4. The molecule has 0 aliphatic rings. The number of aliphatic hydroxyl groups excluding tert-OH is 1. The number of likely N-dealkylation sites (N-methyl/N-ethyl adjacent to an activating group) is 1. The Morgan fingerprint density at radius 3 is 1.62 bits per heavy atom. The first-order chi connectivity index (χ1) is 24.0. The highest BCUT2D eigenvalue weighted by Crippen LogP contribution is 2.38. The van der Waals surface area contributed by atoms with E-state index in [9.17, 15) is 19.4 Å². The highest BCUT2D eigenvalue weighted by atomic mass is 31.2. The van der Waals surface area contributed by atoms with Crippen LogP contribution in [0.2, 0.25) is 0 Å². The maximum atomic E-state index is 12.6. The average molecular weight is 729 g/mol. The van der Waals surface area contributed by atoms with Gasteiger partial charge < -0.3 is 28.8 Å². The molecule has 0 radical (unpaired) electrons. The van der Waals surface area contributed by atoms with Crippen molar-refractivity contribution < 1.29 is 32.9 Å². The Kier molecular flexibility index (Phi) is 33.1. The molecule has 8 nitrogen and oxygen atoms in total. The van der Waals surface area contributed by atoms with E-state index in [2.05, 4.69) is 31.3 Å². The third kappa shape index (κ3) is 35.4. The van der Waals surface area contributed by atoms with E-state index in [1.165, 1.54) is 109 Å². The van der Waals surface area contributed by atoms with Crippen molar-refractivity contribution >= 4 is 13.7 Å². The van der Waals surface area contributed by atoms with Crippen molar-refractivity contribution in [2.24, 2.45) is 0 Å². The molecule has 0 aliphatic carbocycles. The van der Waals surface area contributed by atoms with Crippen LogP contribution in [0.3, 0.4) is 0 Å². The van der Waals surface area contributed by atoms with Gasteiger partial charge in [-0.05, 0) is 32.1 Å². The minimum absolute atomic E-state index is 0.00541. The molecule has 50 heavy (non-hydrogen) atoms. The molecule has 0 aromatic heterocycles. The van der Waals surface area contributed by atoms with Gasteiger partial charge in [0, 0.05) is 6.42 Å². The summed E-state index contributed by atoms with van der Waals surface area (Å²) in [7, 11) is 1.24. The first-order valence-corrected chi connectivity index (χ1v) is 22.2. The zero-order chi connectivity index (χ0) is 37.2. The summed E-state index contributed by atoms with van der Waals surface area (Å²) in [6.07, 6.45) is 38.5. The molecule has 296 valence electrons. The number of phosphoric ester groups is 1. The van der Waals surface area contributed by atoms with Crippen molar-refractivity contribution in [2.45, 2.75) is 193 Å². The van der Waals surface area contributed by atoms with Gasteiger partial charge in [0.15, 0.2) is 0 Å². The molecule has 0 saturated heterocycles. The number of allylic oxidation sites excluding steroid dienone is 3. The Labute approximate surface area is 309 Å². The van der Waals surface area contributed by atoms with E-state index >= 15 is 0 Å². The molecule has 2 N–H and O–H groups in total. The van der Waals surface area contributed by atoms with Gasteiger partial charge in [0.05, 0.1) is 39.9 Å². The number of phosphoric acid groups is 1. The standard InChI is InChI=1S/C41H81N2O6P/c1-6-8-10-12-13-14-15-16-17-18-19-20-21-22-23-24-25-26-27-28-29-31-32-34-40(44)39(42-41(45)35-33-30-11-9-7-2)38-49-50(46,47)48-37-36-43(3,4)5/h27-28,32,34,39-40,44H,6-26,29-31,33,35-38H2,1-5H3,(H-,42,45,46,47)/b28-27+,34-32+. The van der Waals surface area contributed by atoms with E-state index in [1.807, 2.05) is 27.2 Å². The summed E-state index contributed by atoms with van der Waals surface area (Å²) in [4.78, 5) is 24.9. The Morgan fingerprint density at radius 1 is 0.680 bits per heavy atom. The van der Waals surface area contributed by atoms with Crippen molar-refractivity contribution in [3.8, 4) is 0 Å². The van der Waals surface area contributed by atoms with Gasteiger partial charge in [-0.2, -0.15) is 0 Å². The predicted octanol–water partition coefficient (Wildman–Crippen LogP) is 10.3. The van der Waals surface area contributed by atoms with Crippen LogP contribution in [0.4, 0.5) is 0 Å². The number of quaternary nitrogens is 1. The summed E-state index contributed by atoms with van der Waals surface area (Å²) in [6.45, 7) is 4.52. The SMILES string of the molecule is CCCCCCCCCCCCCCCCCCC/C=C/CC/C=C/C(O)C(COP(=O)([O-])OCC[N+](C)(C)C)NC(=O)CCCCCCC. The number of nitrogens with zero attached hydrogens (tertiary/aromatic N) is 1. The quantitative estimate of drug-likeness (QED) is 0.0285. The monoisotopic (exact) mass is 729 g/mol. The molecule has 0 aliphatic heterocycles. The molecule has 0 aromatic carbocycles. The van der Waals surface area contributed by atoms with Crippen LogP contribution in [0.25, 0.3) is 0 Å². The smallest absolute Gasteiger partial charge is 0.268 e. The van der Waals surface area contributed by atoms with Crippen molar-refractivity contribution in [1.82, 2.24) is 5.32 Å². The van der Waals surface area contributed by atoms with E-state index in [1.54, 1.807) is 6.08 Å². The Morgan fingerprint density at radius 2 is 1.12 bits per heavy atom. The molecule has 0 heterocycles. The number of rotatable bonds is 37. The van der Waals surface area contributed by atoms with Crippen LogP contribution in [0.1, 0.15) is 181 Å². The van der Waals surface area contributed by atoms with Crippen molar-refractivity contribution in [3.63, 3.8) is 0 Å². The summed E-state index contributed by atoms with van der Waals surface area (Å²) in [5, 5.41) is 13.6. The topological polar surface area (TPSA) is 108 Å². The largest absolute Gasteiger partial charge is 0.756 e. The third-order valence-corrected chi connectivity index (χ3v) is 10.1. The number of amides is 1. The number of carbonyl (C=O) groups excluding carboxylic acids is 1. The minimum atomic E-state index is -4.58. The molecule has 0 aromatic rings. The van der Waals surface area contributed by atoms with E-state index in [4.69, 9.17) is 9.05 Å². The molecule has 1 amide bonds. The number of unbranched alkanes of at least 4 members (excludes halogenated alkanes) is 22. The van der Waals surface area contributed by atoms with Gasteiger partial charge >= 0.3 is 0 Å². The molecule has 3 atom stereocenters.